The molecule has 0 radical (unpaired) electrons. The molecule has 1 aromatic carbocycles. The fourth-order valence-electron chi connectivity index (χ4n) is 7.11. The summed E-state index contributed by atoms with van der Waals surface area (Å²) in [5.41, 5.74) is 0.679. The number of esters is 1. The number of nitrogens with zero attached hydrogens (tertiary/aromatic N) is 1. The molecule has 24 heteroatoms. The number of carboxylic acids is 2. The molecule has 7 atom stereocenters. The number of Topliss-reactive ketones (excluding diaryl/α,β-unsaturated/α-hetero) is 1. The monoisotopic (exact) mass is 986 g/mol. The van der Waals surface area contributed by atoms with Crippen LogP contribution in [0, 0.1) is 11.8 Å². The van der Waals surface area contributed by atoms with Crippen LogP contribution in [0.3, 0.4) is 0 Å². The van der Waals surface area contributed by atoms with Gasteiger partial charge in [0.25, 0.3) is 5.91 Å². The lowest BCUT2D eigenvalue weighted by Gasteiger charge is -2.33. The Bertz CT molecular complexity index is 2060. The van der Waals surface area contributed by atoms with Crippen molar-refractivity contribution in [1.29, 1.82) is 0 Å². The van der Waals surface area contributed by atoms with Gasteiger partial charge in [0.05, 0.1) is 12.1 Å². The number of carboxylic acid groups (broad SMARTS) is 2. The Morgan fingerprint density at radius 1 is 0.743 bits per heavy atom. The number of ketones is 1. The molecule has 24 nitrogen and oxygen atoms in total. The van der Waals surface area contributed by atoms with Crippen molar-refractivity contribution in [3.63, 3.8) is 0 Å². The third kappa shape index (κ3) is 20.1. The predicted molar refractivity (Wildman–Crippen MR) is 246 cm³/mol. The minimum absolute atomic E-state index is 0.0263. The summed E-state index contributed by atoms with van der Waals surface area (Å²) < 4.78 is 10.2. The van der Waals surface area contributed by atoms with Crippen LogP contribution < -0.4 is 37.2 Å². The number of amides is 8. The van der Waals surface area contributed by atoms with Gasteiger partial charge in [0.2, 0.25) is 41.2 Å². The Morgan fingerprint density at radius 3 is 1.86 bits per heavy atom. The number of hydrogen-bond donors (Lipinski definition) is 9. The van der Waals surface area contributed by atoms with Gasteiger partial charge in [-0.3, -0.25) is 52.7 Å². The van der Waals surface area contributed by atoms with Gasteiger partial charge in [0.15, 0.2) is 0 Å². The lowest BCUT2D eigenvalue weighted by Crippen LogP contribution is -2.61. The number of benzene rings is 1. The second-order valence-corrected chi connectivity index (χ2v) is 17.2. The van der Waals surface area contributed by atoms with Crippen LogP contribution in [0.1, 0.15) is 92.1 Å². The molecule has 0 aromatic heterocycles. The standard InChI is InChI=1S/C46H66N8O16/c1-8-13-30(39(61)44(66)47-22-36(60)69-20-9-2)50-42(64)33-21-29(49-46(68)70-24-28-14-11-10-12-15-28)23-54(33)45(67)38(26(5)6)53-43(65)37(25(3)4)52-41(63)32(17-19-35(58)59)51-40(62)31(48-27(7)55)16-18-34(56)57/h9-12,14-15,25-26,29-33,37-38H,2,8,13,16-24H2,1,3-7H3,(H,47,66)(H,48,55)(H,49,68)(H,50,64)(H,51,62)(H,52,63)(H,53,65)(H,56,57)(H,58,59)/t29-,30?,31+,32+,33+,37+,38+/m1/s1. The molecule has 0 saturated carbocycles. The number of likely N-dealkylation sites (tertiary alicyclic amines) is 1. The third-order valence-electron chi connectivity index (χ3n) is 10.7. The van der Waals surface area contributed by atoms with Gasteiger partial charge in [-0.05, 0) is 43.1 Å². The summed E-state index contributed by atoms with van der Waals surface area (Å²) in [6, 6.07) is -0.816. The second kappa shape index (κ2) is 29.5. The van der Waals surface area contributed by atoms with Crippen molar-refractivity contribution in [3.8, 4) is 0 Å². The average Bonchev–Trinajstić information content (AvgIpc) is 3.73. The van der Waals surface area contributed by atoms with Crippen molar-refractivity contribution in [2.75, 3.05) is 19.7 Å². The van der Waals surface area contributed by atoms with Gasteiger partial charge in [-0.15, -0.1) is 0 Å². The normalized spacial score (nSPS) is 16.2. The van der Waals surface area contributed by atoms with Crippen molar-refractivity contribution in [3.05, 3.63) is 48.6 Å². The number of aliphatic carboxylic acids is 2. The van der Waals surface area contributed by atoms with Crippen molar-refractivity contribution >= 4 is 71.1 Å². The fourth-order valence-corrected chi connectivity index (χ4v) is 7.11. The first-order valence-corrected chi connectivity index (χ1v) is 22.8. The smallest absolute Gasteiger partial charge is 0.407 e. The maximum Gasteiger partial charge on any atom is 0.407 e. The van der Waals surface area contributed by atoms with Crippen LogP contribution >= 0.6 is 0 Å². The van der Waals surface area contributed by atoms with Crippen LogP contribution in [-0.2, 0) is 68.8 Å². The minimum atomic E-state index is -1.60. The maximum absolute atomic E-state index is 14.6. The van der Waals surface area contributed by atoms with Crippen LogP contribution in [0.25, 0.3) is 0 Å². The van der Waals surface area contributed by atoms with Gasteiger partial charge in [0.1, 0.15) is 50.0 Å². The molecule has 1 heterocycles. The molecule has 1 saturated heterocycles. The van der Waals surface area contributed by atoms with Gasteiger partial charge >= 0.3 is 24.0 Å². The van der Waals surface area contributed by atoms with Crippen LogP contribution in [0.2, 0.25) is 0 Å². The zero-order chi connectivity index (χ0) is 52.7. The Morgan fingerprint density at radius 2 is 1.31 bits per heavy atom. The van der Waals surface area contributed by atoms with Crippen LogP contribution in [0.5, 0.6) is 0 Å². The highest BCUT2D eigenvalue weighted by atomic mass is 16.5. The van der Waals surface area contributed by atoms with Gasteiger partial charge in [-0.2, -0.15) is 0 Å². The molecule has 0 bridgehead atoms. The molecule has 1 aromatic rings. The number of carbonyl (C=O) groups excluding carboxylic acids is 10. The van der Waals surface area contributed by atoms with Crippen molar-refractivity contribution in [2.45, 2.75) is 135 Å². The molecule has 1 fully saturated rings. The van der Waals surface area contributed by atoms with E-state index in [1.165, 1.54) is 6.08 Å². The molecule has 70 heavy (non-hydrogen) atoms. The predicted octanol–water partition coefficient (Wildman–Crippen LogP) is -0.418. The van der Waals surface area contributed by atoms with Crippen molar-refractivity contribution < 1.29 is 77.2 Å². The van der Waals surface area contributed by atoms with Crippen molar-refractivity contribution in [1.82, 2.24) is 42.1 Å². The second-order valence-electron chi connectivity index (χ2n) is 17.2. The van der Waals surface area contributed by atoms with E-state index in [1.807, 2.05) is 0 Å². The van der Waals surface area contributed by atoms with E-state index in [-0.39, 0.29) is 39.0 Å². The number of rotatable bonds is 29. The molecular weight excluding hydrogens is 921 g/mol. The fraction of sp³-hybridized carbons (Fsp3) is 0.565. The summed E-state index contributed by atoms with van der Waals surface area (Å²) in [7, 11) is 0. The van der Waals surface area contributed by atoms with E-state index in [2.05, 4.69) is 43.8 Å². The maximum atomic E-state index is 14.6. The summed E-state index contributed by atoms with van der Waals surface area (Å²) in [6.45, 7) is 11.3. The summed E-state index contributed by atoms with van der Waals surface area (Å²) in [5.74, 6) is -12.4. The lowest BCUT2D eigenvalue weighted by molar-refractivity contribution is -0.146. The Kier molecular flexibility index (Phi) is 24.7. The molecular formula is C46H66N8O16. The number of nitrogens with one attached hydrogen (secondary N) is 7. The Balaban J connectivity index is 2.43. The summed E-state index contributed by atoms with van der Waals surface area (Å²) in [6.07, 6.45) is -1.51. The van der Waals surface area contributed by atoms with E-state index in [4.69, 9.17) is 14.6 Å². The zero-order valence-electron chi connectivity index (χ0n) is 40.2. The summed E-state index contributed by atoms with van der Waals surface area (Å²) in [4.78, 5) is 157. The molecule has 1 aliphatic rings. The topological polar surface area (TPSA) is 351 Å². The summed E-state index contributed by atoms with van der Waals surface area (Å²) >= 11 is 0. The highest BCUT2D eigenvalue weighted by molar-refractivity contribution is 6.38. The van der Waals surface area contributed by atoms with Crippen LogP contribution in [-0.4, -0.2) is 148 Å². The number of alkyl carbamates (subject to hydrolysis) is 1. The molecule has 386 valence electrons. The first-order valence-electron chi connectivity index (χ1n) is 22.8. The largest absolute Gasteiger partial charge is 0.481 e. The van der Waals surface area contributed by atoms with E-state index < -0.39 is 151 Å². The third-order valence-corrected chi connectivity index (χ3v) is 10.7. The van der Waals surface area contributed by atoms with E-state index in [9.17, 15) is 62.6 Å². The highest BCUT2D eigenvalue weighted by Gasteiger charge is 2.45. The molecule has 9 N–H and O–H groups in total. The van der Waals surface area contributed by atoms with E-state index in [0.29, 0.717) is 12.0 Å². The molecule has 1 unspecified atom stereocenters. The van der Waals surface area contributed by atoms with Gasteiger partial charge in [-0.1, -0.05) is 84.0 Å². The number of ether oxygens (including phenoxy) is 2. The SMILES string of the molecule is C=CCOC(=O)CNC(=O)C(=O)C(CCC)NC(=O)[C@@H]1C[C@@H](NC(=O)OCc2ccccc2)CN1C(=O)[C@@H](NC(=O)[C@@H](NC(=O)[C@H](CCC(=O)O)NC(=O)[C@H](CCC(=O)O)NC(C)=O)C(C)C)C(C)C. The number of carbonyl (C=O) groups is 12. The van der Waals surface area contributed by atoms with Crippen molar-refractivity contribution in [2.24, 2.45) is 11.8 Å². The molecule has 8 amide bonds. The Labute approximate surface area is 405 Å². The van der Waals surface area contributed by atoms with Crippen LogP contribution in [0.4, 0.5) is 4.79 Å². The first kappa shape index (κ1) is 58.7. The zero-order valence-corrected chi connectivity index (χ0v) is 40.2. The van der Waals surface area contributed by atoms with Gasteiger partial charge in [0, 0.05) is 26.3 Å². The van der Waals surface area contributed by atoms with Crippen LogP contribution in [0.15, 0.2) is 43.0 Å². The van der Waals surface area contributed by atoms with E-state index >= 15 is 0 Å². The quantitative estimate of drug-likeness (QED) is 0.0280. The number of hydrogen-bond acceptors (Lipinski definition) is 14. The average molecular weight is 987 g/mol. The molecule has 1 aliphatic heterocycles. The minimum Gasteiger partial charge on any atom is -0.481 e. The van der Waals surface area contributed by atoms with E-state index in [1.54, 1.807) is 65.0 Å². The first-order chi connectivity index (χ1) is 33.0. The molecule has 0 aliphatic carbocycles. The lowest BCUT2D eigenvalue weighted by atomic mass is 9.98. The highest BCUT2D eigenvalue weighted by Crippen LogP contribution is 2.23. The molecule has 2 rings (SSSR count). The van der Waals surface area contributed by atoms with Gasteiger partial charge in [-0.25, -0.2) is 4.79 Å². The Hall–Kier alpha value is -7.40. The molecule has 0 spiro atoms. The van der Waals surface area contributed by atoms with Gasteiger partial charge < -0.3 is 61.8 Å². The summed E-state index contributed by atoms with van der Waals surface area (Å²) in [5, 5.41) is 35.6. The van der Waals surface area contributed by atoms with E-state index in [0.717, 1.165) is 11.8 Å².